The topological polar surface area (TPSA) is 159 Å². The van der Waals surface area contributed by atoms with Crippen LogP contribution in [-0.2, 0) is 27.2 Å². The van der Waals surface area contributed by atoms with E-state index in [4.69, 9.17) is 9.15 Å². The van der Waals surface area contributed by atoms with Gasteiger partial charge in [-0.25, -0.2) is 18.4 Å². The molecule has 200 valence electrons. The van der Waals surface area contributed by atoms with Gasteiger partial charge in [-0.3, -0.25) is 25.0 Å². The van der Waals surface area contributed by atoms with Gasteiger partial charge in [0.15, 0.2) is 17.1 Å². The Balaban J connectivity index is 1.41. The maximum Gasteiger partial charge on any atom is 0.322 e. The molecule has 14 heteroatoms. The van der Waals surface area contributed by atoms with Crippen molar-refractivity contribution in [2.75, 3.05) is 13.7 Å². The summed E-state index contributed by atoms with van der Waals surface area (Å²) in [6, 6.07) is 4.88. The van der Waals surface area contributed by atoms with Crippen LogP contribution in [0.3, 0.4) is 0 Å². The first kappa shape index (κ1) is 24.3. The second-order valence-electron chi connectivity index (χ2n) is 9.60. The lowest BCUT2D eigenvalue weighted by Gasteiger charge is -2.29. The van der Waals surface area contributed by atoms with Crippen LogP contribution < -0.4 is 26.0 Å². The molecule has 3 aliphatic rings. The van der Waals surface area contributed by atoms with Gasteiger partial charge in [-0.15, -0.1) is 0 Å². The molecule has 0 radical (unpaired) electrons. The Labute approximate surface area is 217 Å². The van der Waals surface area contributed by atoms with Crippen LogP contribution in [0.1, 0.15) is 34.2 Å². The summed E-state index contributed by atoms with van der Waals surface area (Å²) in [5.74, 6) is -4.31. The number of rotatable bonds is 5. The summed E-state index contributed by atoms with van der Waals surface area (Å²) in [7, 11) is 1.26. The van der Waals surface area contributed by atoms with Gasteiger partial charge in [0, 0.05) is 23.6 Å². The number of benzene rings is 2. The van der Waals surface area contributed by atoms with Crippen molar-refractivity contribution in [1.82, 2.24) is 26.2 Å². The molecule has 2 atom stereocenters. The summed E-state index contributed by atoms with van der Waals surface area (Å²) >= 11 is 0. The Bertz CT molecular complexity index is 1670. The number of hydrogen-bond donors (Lipinski definition) is 4. The van der Waals surface area contributed by atoms with Crippen molar-refractivity contribution in [3.8, 4) is 5.75 Å². The van der Waals surface area contributed by atoms with Crippen molar-refractivity contribution < 1.29 is 41.9 Å². The summed E-state index contributed by atoms with van der Waals surface area (Å²) in [5, 5.41) is 9.30. The van der Waals surface area contributed by atoms with Crippen LogP contribution in [0.15, 0.2) is 34.7 Å². The number of urea groups is 2. The highest BCUT2D eigenvalue weighted by Gasteiger charge is 2.53. The average molecular weight is 539 g/mol. The monoisotopic (exact) mass is 539 g/mol. The van der Waals surface area contributed by atoms with Gasteiger partial charge in [-0.1, -0.05) is 6.07 Å². The van der Waals surface area contributed by atoms with Gasteiger partial charge < -0.3 is 24.7 Å². The molecule has 3 aromatic rings. The third kappa shape index (κ3) is 3.37. The SMILES string of the molecule is COc1ccc2c(c1F)C(=O)N(C[C@@]1(c3cc4cc(C5(C)NC(=O)NC5=O)c(F)cc4o3)NC(=O)NC1=O)C2. The first-order valence-corrected chi connectivity index (χ1v) is 11.6. The second-order valence-corrected chi connectivity index (χ2v) is 9.60. The maximum absolute atomic E-state index is 15.1. The summed E-state index contributed by atoms with van der Waals surface area (Å²) in [4.78, 5) is 63.8. The number of methoxy groups -OCH3 is 1. The molecule has 7 amide bonds. The van der Waals surface area contributed by atoms with Crippen molar-refractivity contribution in [3.05, 3.63) is 64.4 Å². The van der Waals surface area contributed by atoms with E-state index in [0.29, 0.717) is 5.56 Å². The van der Waals surface area contributed by atoms with Crippen molar-refractivity contribution in [2.24, 2.45) is 0 Å². The number of furan rings is 1. The van der Waals surface area contributed by atoms with Gasteiger partial charge in [0.25, 0.3) is 17.7 Å². The number of amides is 7. The summed E-state index contributed by atoms with van der Waals surface area (Å²) in [6.45, 7) is 0.826. The highest BCUT2D eigenvalue weighted by Crippen LogP contribution is 2.38. The van der Waals surface area contributed by atoms with Gasteiger partial charge in [0.2, 0.25) is 0 Å². The van der Waals surface area contributed by atoms with Crippen LogP contribution >= 0.6 is 0 Å². The Kier molecular flexibility index (Phi) is 4.99. The molecule has 2 saturated heterocycles. The van der Waals surface area contributed by atoms with E-state index in [2.05, 4.69) is 21.3 Å². The standard InChI is InChI=1S/C25H19F2N5O7/c1-24(20(34)28-22(36)30-24)12-5-11-6-16(39-15(11)7-13(12)26)25(21(35)29-23(37)31-25)9-32-8-10-3-4-14(38-2)18(27)17(10)19(32)33/h3-7H,8-9H2,1-2H3,(H2,28,30,34,36)(H2,29,31,35,37)/t24?,25-/m0/s1. The quantitative estimate of drug-likeness (QED) is 0.357. The van der Waals surface area contributed by atoms with E-state index < -0.39 is 59.0 Å². The molecule has 4 N–H and O–H groups in total. The Morgan fingerprint density at radius 1 is 1.00 bits per heavy atom. The van der Waals surface area contributed by atoms with Crippen LogP contribution in [0, 0.1) is 11.6 Å². The molecule has 0 aliphatic carbocycles. The normalized spacial score (nSPS) is 24.1. The van der Waals surface area contributed by atoms with Crippen molar-refractivity contribution in [3.63, 3.8) is 0 Å². The Hall–Kier alpha value is -5.01. The highest BCUT2D eigenvalue weighted by atomic mass is 19.1. The van der Waals surface area contributed by atoms with E-state index in [1.165, 1.54) is 43.2 Å². The molecule has 39 heavy (non-hydrogen) atoms. The van der Waals surface area contributed by atoms with Crippen molar-refractivity contribution in [1.29, 1.82) is 0 Å². The number of hydrogen-bond acceptors (Lipinski definition) is 7. The average Bonchev–Trinajstić information content (AvgIpc) is 3.58. The zero-order valence-corrected chi connectivity index (χ0v) is 20.4. The van der Waals surface area contributed by atoms with Gasteiger partial charge in [0.05, 0.1) is 19.2 Å². The Morgan fingerprint density at radius 3 is 2.36 bits per heavy atom. The molecule has 3 aliphatic heterocycles. The van der Waals surface area contributed by atoms with Crippen molar-refractivity contribution >= 4 is 40.8 Å². The number of carbonyl (C=O) groups is 5. The lowest BCUT2D eigenvalue weighted by Crippen LogP contribution is -2.52. The Morgan fingerprint density at radius 2 is 1.72 bits per heavy atom. The second kappa shape index (κ2) is 7.99. The lowest BCUT2D eigenvalue weighted by atomic mass is 9.90. The zero-order chi connectivity index (χ0) is 27.9. The van der Waals surface area contributed by atoms with E-state index in [9.17, 15) is 28.4 Å². The number of halogens is 2. The molecule has 0 saturated carbocycles. The minimum atomic E-state index is -1.94. The molecular weight excluding hydrogens is 520 g/mol. The van der Waals surface area contributed by atoms with E-state index >= 15 is 4.39 Å². The molecule has 0 spiro atoms. The predicted octanol–water partition coefficient (Wildman–Crippen LogP) is 1.46. The molecular formula is C25H19F2N5O7. The first-order valence-electron chi connectivity index (χ1n) is 11.6. The molecule has 1 aromatic heterocycles. The van der Waals surface area contributed by atoms with Gasteiger partial charge >= 0.3 is 12.1 Å². The largest absolute Gasteiger partial charge is 0.494 e. The van der Waals surface area contributed by atoms with E-state index in [-0.39, 0.29) is 40.2 Å². The van der Waals surface area contributed by atoms with E-state index in [1.807, 2.05) is 0 Å². The fourth-order valence-corrected chi connectivity index (χ4v) is 5.21. The molecule has 4 heterocycles. The van der Waals surface area contributed by atoms with Gasteiger partial charge in [-0.2, -0.15) is 0 Å². The third-order valence-corrected chi connectivity index (χ3v) is 7.25. The van der Waals surface area contributed by atoms with E-state index in [1.54, 1.807) is 0 Å². The number of imide groups is 2. The van der Waals surface area contributed by atoms with Crippen LogP contribution in [0.4, 0.5) is 18.4 Å². The number of nitrogens with zero attached hydrogens (tertiary/aromatic N) is 1. The third-order valence-electron chi connectivity index (χ3n) is 7.25. The molecule has 2 aromatic carbocycles. The van der Waals surface area contributed by atoms with Crippen LogP contribution in [0.25, 0.3) is 11.0 Å². The van der Waals surface area contributed by atoms with Crippen LogP contribution in [-0.4, -0.2) is 48.3 Å². The number of nitrogens with one attached hydrogen (secondary N) is 4. The van der Waals surface area contributed by atoms with Gasteiger partial charge in [0.1, 0.15) is 22.7 Å². The molecule has 0 bridgehead atoms. The smallest absolute Gasteiger partial charge is 0.322 e. The molecule has 6 rings (SSSR count). The maximum atomic E-state index is 15.1. The lowest BCUT2D eigenvalue weighted by molar-refractivity contribution is -0.125. The summed E-state index contributed by atoms with van der Waals surface area (Å²) < 4.78 is 40.8. The van der Waals surface area contributed by atoms with Crippen molar-refractivity contribution in [2.45, 2.75) is 24.5 Å². The fraction of sp³-hybridized carbons (Fsp3) is 0.240. The summed E-state index contributed by atoms with van der Waals surface area (Å²) in [6.07, 6.45) is 0. The fourth-order valence-electron chi connectivity index (χ4n) is 5.21. The minimum Gasteiger partial charge on any atom is -0.494 e. The first-order chi connectivity index (χ1) is 18.5. The van der Waals surface area contributed by atoms with Crippen LogP contribution in [0.2, 0.25) is 0 Å². The van der Waals surface area contributed by atoms with Gasteiger partial charge in [-0.05, 0) is 30.7 Å². The number of carbonyl (C=O) groups excluding carboxylic acids is 5. The zero-order valence-electron chi connectivity index (χ0n) is 20.4. The van der Waals surface area contributed by atoms with E-state index in [0.717, 1.165) is 6.07 Å². The van der Waals surface area contributed by atoms with Crippen LogP contribution in [0.5, 0.6) is 5.75 Å². The highest BCUT2D eigenvalue weighted by molar-refractivity contribution is 6.09. The molecule has 12 nitrogen and oxygen atoms in total. The summed E-state index contributed by atoms with van der Waals surface area (Å²) in [5.41, 5.74) is -3.68. The molecule has 2 fully saturated rings. The number of ether oxygens (including phenoxy) is 1. The minimum absolute atomic E-state index is 0.0280. The molecule has 1 unspecified atom stereocenters. The number of fused-ring (bicyclic) bond motifs is 2. The predicted molar refractivity (Wildman–Crippen MR) is 126 cm³/mol.